The van der Waals surface area contributed by atoms with Crippen molar-refractivity contribution in [1.82, 2.24) is 31.9 Å². The maximum atomic E-state index is 13.5. The van der Waals surface area contributed by atoms with Gasteiger partial charge in [-0.3, -0.25) is 38.4 Å². The van der Waals surface area contributed by atoms with Crippen LogP contribution >= 0.6 is 0 Å². The van der Waals surface area contributed by atoms with Crippen molar-refractivity contribution < 1.29 is 58.5 Å². The van der Waals surface area contributed by atoms with Crippen LogP contribution in [-0.2, 0) is 43.2 Å². The molecule has 0 aliphatic rings. The molecule has 8 atom stereocenters. The second-order valence-electron chi connectivity index (χ2n) is 12.6. The summed E-state index contributed by atoms with van der Waals surface area (Å²) in [5.41, 5.74) is 5.54. The highest BCUT2D eigenvalue weighted by molar-refractivity contribution is 5.97. The third-order valence-electron chi connectivity index (χ3n) is 6.81. The van der Waals surface area contributed by atoms with Crippen LogP contribution in [-0.4, -0.2) is 117 Å². The molecule has 0 aromatic carbocycles. The second kappa shape index (κ2) is 21.3. The van der Waals surface area contributed by atoms with E-state index in [1.54, 1.807) is 27.7 Å². The average Bonchev–Trinajstić information content (AvgIpc) is 2.96. The van der Waals surface area contributed by atoms with Gasteiger partial charge in [0.1, 0.15) is 36.5 Å². The first-order valence-corrected chi connectivity index (χ1v) is 15.7. The number of amides is 6. The normalized spacial score (nSPS) is 16.0. The van der Waals surface area contributed by atoms with Crippen molar-refractivity contribution in [3.8, 4) is 0 Å². The maximum Gasteiger partial charge on any atom is 0.305 e. The quantitative estimate of drug-likeness (QED) is 0.0500. The Morgan fingerprint density at radius 1 is 0.571 bits per heavy atom. The molecule has 6 amide bonds. The number of aliphatic carboxylic acids is 2. The number of carboxylic acid groups (broad SMARTS) is 2. The Bertz CT molecular complexity index is 1210. The zero-order valence-corrected chi connectivity index (χ0v) is 28.8. The van der Waals surface area contributed by atoms with Crippen LogP contribution < -0.4 is 37.6 Å². The highest BCUT2D eigenvalue weighted by Crippen LogP contribution is 2.11. The topological polar surface area (TPSA) is 313 Å². The zero-order valence-electron chi connectivity index (χ0n) is 28.8. The van der Waals surface area contributed by atoms with Crippen molar-refractivity contribution in [2.45, 2.75) is 123 Å². The number of nitrogens with one attached hydrogen (secondary N) is 6. The molecular formula is C30H51N7O12. The number of nitrogens with two attached hydrogens (primary N) is 1. The van der Waals surface area contributed by atoms with Crippen LogP contribution in [0.4, 0.5) is 0 Å². The Kier molecular flexibility index (Phi) is 19.3. The van der Waals surface area contributed by atoms with E-state index in [4.69, 9.17) is 10.8 Å². The van der Waals surface area contributed by atoms with E-state index in [2.05, 4.69) is 31.9 Å². The van der Waals surface area contributed by atoms with Gasteiger partial charge in [-0.2, -0.15) is 0 Å². The number of hydrogen-bond acceptors (Lipinski definition) is 11. The lowest BCUT2D eigenvalue weighted by Gasteiger charge is -2.28. The first-order chi connectivity index (χ1) is 22.6. The lowest BCUT2D eigenvalue weighted by molar-refractivity contribution is -0.141. The molecule has 0 unspecified atom stereocenters. The van der Waals surface area contributed by atoms with Crippen LogP contribution in [0.25, 0.3) is 0 Å². The largest absolute Gasteiger partial charge is 0.481 e. The standard InChI is InChI=1S/C30H51N7O12/c1-13(2)8-19(34-29(48)20(9-14(3)4)36-30(49)24(17(7)39)37-25(44)15(5)31)28(47)35-21(11-23(42)43)27(46)32-16(6)26(45)33-18(12-38)10-22(40)41/h12-21,24,39H,8-11,31H2,1-7H3,(H,32,46)(H,33,45)(H,34,48)(H,35,47)(H,36,49)(H,37,44)(H,40,41)(H,42,43)/t15-,16-,17+,18-,19-,20-,21-,24-/m0/s1. The van der Waals surface area contributed by atoms with E-state index in [9.17, 15) is 53.4 Å². The molecule has 0 saturated carbocycles. The van der Waals surface area contributed by atoms with Gasteiger partial charge < -0.3 is 57.7 Å². The molecule has 0 radical (unpaired) electrons. The number of carbonyl (C=O) groups is 9. The first-order valence-electron chi connectivity index (χ1n) is 15.7. The van der Waals surface area contributed by atoms with Crippen molar-refractivity contribution >= 4 is 53.7 Å². The molecule has 0 heterocycles. The van der Waals surface area contributed by atoms with E-state index in [1.807, 2.05) is 0 Å². The first kappa shape index (κ1) is 44.4. The van der Waals surface area contributed by atoms with Crippen molar-refractivity contribution in [3.63, 3.8) is 0 Å². The van der Waals surface area contributed by atoms with Gasteiger partial charge in [-0.25, -0.2) is 0 Å². The minimum atomic E-state index is -1.74. The molecule has 0 rings (SSSR count). The molecule has 19 nitrogen and oxygen atoms in total. The van der Waals surface area contributed by atoms with Crippen LogP contribution in [0.3, 0.4) is 0 Å². The third kappa shape index (κ3) is 17.4. The Hall–Kier alpha value is -4.65. The molecule has 0 saturated heterocycles. The summed E-state index contributed by atoms with van der Waals surface area (Å²) >= 11 is 0. The fourth-order valence-electron chi connectivity index (χ4n) is 4.29. The van der Waals surface area contributed by atoms with Gasteiger partial charge in [0.15, 0.2) is 0 Å². The Labute approximate surface area is 284 Å². The molecule has 0 aromatic heterocycles. The summed E-state index contributed by atoms with van der Waals surface area (Å²) in [5.74, 6) is -8.68. The summed E-state index contributed by atoms with van der Waals surface area (Å²) in [7, 11) is 0. The molecule has 11 N–H and O–H groups in total. The molecule has 49 heavy (non-hydrogen) atoms. The van der Waals surface area contributed by atoms with Crippen LogP contribution in [0.15, 0.2) is 0 Å². The van der Waals surface area contributed by atoms with Gasteiger partial charge in [0.25, 0.3) is 0 Å². The predicted molar refractivity (Wildman–Crippen MR) is 172 cm³/mol. The average molecular weight is 702 g/mol. The SMILES string of the molecule is CC(C)C[C@H](NC(=O)[C@H](CC(C)C)NC(=O)[C@@H](NC(=O)[C@H](C)N)[C@@H](C)O)C(=O)N[C@@H](CC(=O)O)C(=O)N[C@@H](C)C(=O)N[C@H](C=O)CC(=O)O. The molecular weight excluding hydrogens is 650 g/mol. The van der Waals surface area contributed by atoms with Crippen LogP contribution in [0, 0.1) is 11.8 Å². The number of carboxylic acids is 2. The molecule has 0 aromatic rings. The Balaban J connectivity index is 6.02. The molecule has 0 aliphatic heterocycles. The molecule has 0 aliphatic carbocycles. The van der Waals surface area contributed by atoms with Crippen molar-refractivity contribution in [2.24, 2.45) is 17.6 Å². The lowest BCUT2D eigenvalue weighted by Crippen LogP contribution is -2.61. The zero-order chi connectivity index (χ0) is 38.2. The summed E-state index contributed by atoms with van der Waals surface area (Å²) in [6, 6.07) is -9.56. The Morgan fingerprint density at radius 3 is 1.39 bits per heavy atom. The number of aliphatic hydroxyl groups is 1. The molecule has 278 valence electrons. The number of rotatable bonds is 22. The van der Waals surface area contributed by atoms with Gasteiger partial charge in [-0.05, 0) is 45.4 Å². The van der Waals surface area contributed by atoms with E-state index < -0.39 is 109 Å². The number of aldehydes is 1. The van der Waals surface area contributed by atoms with Gasteiger partial charge in [0, 0.05) is 0 Å². The van der Waals surface area contributed by atoms with E-state index in [1.165, 1.54) is 20.8 Å². The minimum Gasteiger partial charge on any atom is -0.481 e. The van der Waals surface area contributed by atoms with Crippen LogP contribution in [0.2, 0.25) is 0 Å². The lowest BCUT2D eigenvalue weighted by atomic mass is 9.99. The molecule has 0 spiro atoms. The van der Waals surface area contributed by atoms with Gasteiger partial charge in [-0.15, -0.1) is 0 Å². The van der Waals surface area contributed by atoms with Crippen LogP contribution in [0.1, 0.15) is 74.1 Å². The fraction of sp³-hybridized carbons (Fsp3) is 0.700. The number of carbonyl (C=O) groups excluding carboxylic acids is 7. The van der Waals surface area contributed by atoms with E-state index in [0.717, 1.165) is 0 Å². The highest BCUT2D eigenvalue weighted by atomic mass is 16.4. The van der Waals surface area contributed by atoms with E-state index in [-0.39, 0.29) is 31.0 Å². The van der Waals surface area contributed by atoms with Gasteiger partial charge in [0.05, 0.1) is 31.0 Å². The van der Waals surface area contributed by atoms with Gasteiger partial charge in [0.2, 0.25) is 35.4 Å². The monoisotopic (exact) mass is 701 g/mol. The molecule has 0 bridgehead atoms. The summed E-state index contributed by atoms with van der Waals surface area (Å²) in [5, 5.41) is 42.3. The van der Waals surface area contributed by atoms with Gasteiger partial charge in [-0.1, -0.05) is 27.7 Å². The summed E-state index contributed by atoms with van der Waals surface area (Å²) in [6.07, 6.45) is -2.74. The molecule has 0 fully saturated rings. The summed E-state index contributed by atoms with van der Waals surface area (Å²) in [4.78, 5) is 111. The van der Waals surface area contributed by atoms with Crippen LogP contribution in [0.5, 0.6) is 0 Å². The molecule has 19 heteroatoms. The number of aliphatic hydroxyl groups excluding tert-OH is 1. The summed E-state index contributed by atoms with van der Waals surface area (Å²) in [6.45, 7) is 10.8. The predicted octanol–water partition coefficient (Wildman–Crippen LogP) is -3.12. The maximum absolute atomic E-state index is 13.5. The van der Waals surface area contributed by atoms with Crippen molar-refractivity contribution in [3.05, 3.63) is 0 Å². The minimum absolute atomic E-state index is 0.0115. The van der Waals surface area contributed by atoms with Crippen molar-refractivity contribution in [1.29, 1.82) is 0 Å². The van der Waals surface area contributed by atoms with Gasteiger partial charge >= 0.3 is 11.9 Å². The second-order valence-corrected chi connectivity index (χ2v) is 12.6. The number of hydrogen-bond donors (Lipinski definition) is 10. The highest BCUT2D eigenvalue weighted by Gasteiger charge is 2.34. The third-order valence-corrected chi connectivity index (χ3v) is 6.81. The van der Waals surface area contributed by atoms with E-state index >= 15 is 0 Å². The Morgan fingerprint density at radius 2 is 1.00 bits per heavy atom. The summed E-state index contributed by atoms with van der Waals surface area (Å²) < 4.78 is 0. The van der Waals surface area contributed by atoms with Crippen molar-refractivity contribution in [2.75, 3.05) is 0 Å². The fourth-order valence-corrected chi connectivity index (χ4v) is 4.29. The smallest absolute Gasteiger partial charge is 0.305 e. The van der Waals surface area contributed by atoms with E-state index in [0.29, 0.717) is 0 Å².